The highest BCUT2D eigenvalue weighted by Gasteiger charge is 2.14. The van der Waals surface area contributed by atoms with Crippen LogP contribution in [0, 0.1) is 10.1 Å². The van der Waals surface area contributed by atoms with Gasteiger partial charge in [0, 0.05) is 45.2 Å². The van der Waals surface area contributed by atoms with Crippen molar-refractivity contribution in [3.63, 3.8) is 0 Å². The fourth-order valence-corrected chi connectivity index (χ4v) is 3.09. The molecular weight excluding hydrogens is 404 g/mol. The van der Waals surface area contributed by atoms with Gasteiger partial charge in [0.15, 0.2) is 5.58 Å². The lowest BCUT2D eigenvalue weighted by atomic mass is 10.1. The molecule has 0 fully saturated rings. The zero-order chi connectivity index (χ0) is 22.5. The molecule has 2 aromatic carbocycles. The van der Waals surface area contributed by atoms with Gasteiger partial charge in [-0.25, -0.2) is 4.79 Å². The molecule has 0 saturated carbocycles. The van der Waals surface area contributed by atoms with Crippen LogP contribution in [-0.2, 0) is 17.9 Å². The number of nitrogens with one attached hydrogen (secondary N) is 1. The molecule has 0 spiro atoms. The molecule has 1 aromatic heterocycles. The highest BCUT2D eigenvalue weighted by molar-refractivity contribution is 5.93. The summed E-state index contributed by atoms with van der Waals surface area (Å²) in [7, 11) is 3.36. The third kappa shape index (κ3) is 5.16. The molecule has 0 saturated heterocycles. The van der Waals surface area contributed by atoms with Crippen molar-refractivity contribution in [2.45, 2.75) is 25.9 Å². The van der Waals surface area contributed by atoms with Crippen LogP contribution in [0.2, 0.25) is 0 Å². The largest absolute Gasteiger partial charge is 0.419 e. The average Bonchev–Trinajstić information content (AvgIpc) is 3.06. The predicted molar refractivity (Wildman–Crippen MR) is 113 cm³/mol. The molecule has 0 aliphatic rings. The third-order valence-corrected chi connectivity index (χ3v) is 4.74. The van der Waals surface area contributed by atoms with Gasteiger partial charge in [-0.15, -0.1) is 0 Å². The van der Waals surface area contributed by atoms with Gasteiger partial charge in [0.2, 0.25) is 5.91 Å². The molecule has 0 unspecified atom stereocenters. The topological polar surface area (TPSA) is 128 Å². The van der Waals surface area contributed by atoms with Gasteiger partial charge >= 0.3 is 5.76 Å². The number of benzene rings is 2. The number of amides is 2. The van der Waals surface area contributed by atoms with Crippen molar-refractivity contribution in [3.8, 4) is 0 Å². The lowest BCUT2D eigenvalue weighted by Gasteiger charge is -2.11. The average molecular weight is 426 g/mol. The molecule has 2 amide bonds. The van der Waals surface area contributed by atoms with Gasteiger partial charge in [-0.05, 0) is 30.2 Å². The first kappa shape index (κ1) is 21.8. The van der Waals surface area contributed by atoms with E-state index in [0.717, 1.165) is 5.56 Å². The van der Waals surface area contributed by atoms with Crippen molar-refractivity contribution in [2.75, 3.05) is 14.1 Å². The number of aromatic nitrogens is 1. The van der Waals surface area contributed by atoms with Crippen LogP contribution in [0.3, 0.4) is 0 Å². The van der Waals surface area contributed by atoms with Crippen molar-refractivity contribution >= 4 is 28.6 Å². The SMILES string of the molecule is CN(C)C(=O)c1ccc(CNC(=O)CCCn2c(=O)oc3cc([N+](=O)[O-])ccc32)cc1. The number of oxazole rings is 1. The molecule has 0 radical (unpaired) electrons. The number of non-ortho nitro benzene ring substituents is 1. The Morgan fingerprint density at radius 1 is 1.16 bits per heavy atom. The number of aryl methyl sites for hydroxylation is 1. The summed E-state index contributed by atoms with van der Waals surface area (Å²) in [5, 5.41) is 13.6. The van der Waals surface area contributed by atoms with E-state index in [4.69, 9.17) is 4.42 Å². The zero-order valence-corrected chi connectivity index (χ0v) is 17.2. The Morgan fingerprint density at radius 2 is 1.87 bits per heavy atom. The van der Waals surface area contributed by atoms with Gasteiger partial charge in [-0.1, -0.05) is 12.1 Å². The summed E-state index contributed by atoms with van der Waals surface area (Å²) in [5.74, 6) is -0.889. The Hall–Kier alpha value is -3.95. The summed E-state index contributed by atoms with van der Waals surface area (Å²) >= 11 is 0. The van der Waals surface area contributed by atoms with E-state index in [1.54, 1.807) is 38.4 Å². The van der Waals surface area contributed by atoms with Crippen LogP contribution in [0.15, 0.2) is 51.7 Å². The van der Waals surface area contributed by atoms with Gasteiger partial charge in [-0.3, -0.25) is 24.3 Å². The maximum absolute atomic E-state index is 12.1. The Bertz CT molecular complexity index is 1180. The monoisotopic (exact) mass is 426 g/mol. The van der Waals surface area contributed by atoms with E-state index in [1.807, 2.05) is 0 Å². The van der Waals surface area contributed by atoms with Gasteiger partial charge in [-0.2, -0.15) is 0 Å². The molecule has 3 rings (SSSR count). The first-order valence-corrected chi connectivity index (χ1v) is 9.61. The molecule has 31 heavy (non-hydrogen) atoms. The van der Waals surface area contributed by atoms with E-state index in [2.05, 4.69) is 5.32 Å². The summed E-state index contributed by atoms with van der Waals surface area (Å²) < 4.78 is 6.42. The highest BCUT2D eigenvalue weighted by atomic mass is 16.6. The molecule has 1 heterocycles. The van der Waals surface area contributed by atoms with Gasteiger partial charge in [0.05, 0.1) is 16.5 Å². The number of carbonyl (C=O) groups excluding carboxylic acids is 2. The van der Waals surface area contributed by atoms with Crippen molar-refractivity contribution in [1.29, 1.82) is 0 Å². The van der Waals surface area contributed by atoms with Gasteiger partial charge in [0.1, 0.15) is 0 Å². The van der Waals surface area contributed by atoms with Crippen LogP contribution in [-0.4, -0.2) is 40.3 Å². The number of nitro benzene ring substituents is 1. The van der Waals surface area contributed by atoms with Crippen LogP contribution in [0.4, 0.5) is 5.69 Å². The second-order valence-corrected chi connectivity index (χ2v) is 7.21. The van der Waals surface area contributed by atoms with E-state index in [9.17, 15) is 24.5 Å². The smallest absolute Gasteiger partial charge is 0.407 e. The minimum Gasteiger partial charge on any atom is -0.407 e. The van der Waals surface area contributed by atoms with E-state index in [0.29, 0.717) is 24.0 Å². The minimum absolute atomic E-state index is 0.0906. The molecular formula is C21H22N4O6. The summed E-state index contributed by atoms with van der Waals surface area (Å²) in [4.78, 5) is 47.8. The molecule has 0 aliphatic carbocycles. The summed E-state index contributed by atoms with van der Waals surface area (Å²) in [6.45, 7) is 0.575. The predicted octanol–water partition coefficient (Wildman–Crippen LogP) is 2.30. The first-order chi connectivity index (χ1) is 14.8. The minimum atomic E-state index is -0.622. The van der Waals surface area contributed by atoms with E-state index < -0.39 is 10.7 Å². The van der Waals surface area contributed by atoms with Crippen molar-refractivity contribution < 1.29 is 18.9 Å². The zero-order valence-electron chi connectivity index (χ0n) is 17.2. The summed E-state index contributed by atoms with van der Waals surface area (Å²) in [6, 6.07) is 11.0. The maximum Gasteiger partial charge on any atom is 0.419 e. The second-order valence-electron chi connectivity index (χ2n) is 7.21. The molecule has 10 nitrogen and oxygen atoms in total. The number of fused-ring (bicyclic) bond motifs is 1. The quantitative estimate of drug-likeness (QED) is 0.435. The second kappa shape index (κ2) is 9.24. The number of rotatable bonds is 8. The lowest BCUT2D eigenvalue weighted by molar-refractivity contribution is -0.384. The van der Waals surface area contributed by atoms with Crippen LogP contribution in [0.5, 0.6) is 0 Å². The van der Waals surface area contributed by atoms with Gasteiger partial charge < -0.3 is 14.6 Å². The molecule has 0 bridgehead atoms. The fourth-order valence-electron chi connectivity index (χ4n) is 3.09. The normalized spacial score (nSPS) is 10.8. The van der Waals surface area contributed by atoms with E-state index >= 15 is 0 Å². The van der Waals surface area contributed by atoms with Crippen LogP contribution < -0.4 is 11.1 Å². The number of carbonyl (C=O) groups is 2. The Balaban J connectivity index is 1.51. The molecule has 162 valence electrons. The Kier molecular flexibility index (Phi) is 6.49. The van der Waals surface area contributed by atoms with E-state index in [1.165, 1.54) is 27.7 Å². The first-order valence-electron chi connectivity index (χ1n) is 9.61. The van der Waals surface area contributed by atoms with Gasteiger partial charge in [0.25, 0.3) is 11.6 Å². The molecule has 10 heteroatoms. The maximum atomic E-state index is 12.1. The fraction of sp³-hybridized carbons (Fsp3) is 0.286. The Labute approximate surface area is 177 Å². The van der Waals surface area contributed by atoms with Crippen molar-refractivity contribution in [2.24, 2.45) is 0 Å². The van der Waals surface area contributed by atoms with Crippen molar-refractivity contribution in [1.82, 2.24) is 14.8 Å². The Morgan fingerprint density at radius 3 is 2.52 bits per heavy atom. The molecule has 0 atom stereocenters. The molecule has 3 aromatic rings. The van der Waals surface area contributed by atoms with E-state index in [-0.39, 0.29) is 36.1 Å². The summed E-state index contributed by atoms with van der Waals surface area (Å²) in [6.07, 6.45) is 0.594. The number of nitrogens with zero attached hydrogens (tertiary/aromatic N) is 3. The third-order valence-electron chi connectivity index (χ3n) is 4.74. The number of hydrogen-bond donors (Lipinski definition) is 1. The highest BCUT2D eigenvalue weighted by Crippen LogP contribution is 2.20. The summed E-state index contributed by atoms with van der Waals surface area (Å²) in [5.41, 5.74) is 1.86. The standard InChI is InChI=1S/C21H22N4O6/c1-23(2)20(27)15-7-5-14(6-8-15)13-22-19(26)4-3-11-24-17-10-9-16(25(29)30)12-18(17)31-21(24)28/h5-10,12H,3-4,11,13H2,1-2H3,(H,22,26). The molecule has 1 N–H and O–H groups in total. The molecule has 0 aliphatic heterocycles. The van der Waals surface area contributed by atoms with Crippen LogP contribution in [0.1, 0.15) is 28.8 Å². The number of nitro groups is 1. The van der Waals surface area contributed by atoms with Crippen LogP contribution in [0.25, 0.3) is 11.1 Å². The number of hydrogen-bond acceptors (Lipinski definition) is 6. The van der Waals surface area contributed by atoms with Crippen molar-refractivity contribution in [3.05, 3.63) is 74.3 Å². The lowest BCUT2D eigenvalue weighted by Crippen LogP contribution is -2.24. The van der Waals surface area contributed by atoms with Crippen LogP contribution >= 0.6 is 0 Å².